The second-order valence-corrected chi connectivity index (χ2v) is 11.9. The van der Waals surface area contributed by atoms with Gasteiger partial charge in [-0.15, -0.1) is 0 Å². The average Bonchev–Trinajstić information content (AvgIpc) is 2.94. The number of ether oxygens (including phenoxy) is 1. The predicted molar refractivity (Wildman–Crippen MR) is 162 cm³/mol. The van der Waals surface area contributed by atoms with Crippen LogP contribution < -0.4 is 21.9 Å². The largest absolute Gasteiger partial charge is 0.509 e. The molecule has 10 N–H and O–H groups in total. The summed E-state index contributed by atoms with van der Waals surface area (Å²) in [4.78, 5) is 41.6. The van der Waals surface area contributed by atoms with Crippen molar-refractivity contribution in [1.82, 2.24) is 4.90 Å². The quantitative estimate of drug-likeness (QED) is 0.224. The summed E-state index contributed by atoms with van der Waals surface area (Å²) in [6.45, 7) is 0. The average molecular weight is 616 g/mol. The number of phenols is 2. The van der Waals surface area contributed by atoms with Crippen molar-refractivity contribution in [2.24, 2.45) is 22.6 Å². The van der Waals surface area contributed by atoms with Gasteiger partial charge < -0.3 is 42.4 Å². The van der Waals surface area contributed by atoms with Crippen molar-refractivity contribution in [3.63, 3.8) is 0 Å². The maximum Gasteiger partial charge on any atom is 0.255 e. The predicted octanol–water partition coefficient (Wildman–Crippen LogP) is 0.876. The number of likely N-dealkylation sites (N-methyl/N-ethyl adjacent to an activating group) is 1. The van der Waals surface area contributed by atoms with Crippen molar-refractivity contribution >= 4 is 29.3 Å². The van der Waals surface area contributed by atoms with E-state index in [0.29, 0.717) is 23.3 Å². The molecule has 3 aliphatic rings. The van der Waals surface area contributed by atoms with Crippen molar-refractivity contribution < 1.29 is 39.5 Å². The summed E-state index contributed by atoms with van der Waals surface area (Å²) in [6.07, 6.45) is 3.35. The van der Waals surface area contributed by atoms with Gasteiger partial charge in [0.2, 0.25) is 0 Å². The number of phenolic OH excluding ortho intramolecular Hbond substituents is 2. The third kappa shape index (κ3) is 4.21. The second kappa shape index (κ2) is 10.5. The molecule has 13 heteroatoms. The van der Waals surface area contributed by atoms with E-state index in [2.05, 4.69) is 0 Å². The number of nitrogens with zero attached hydrogens (tertiary/aromatic N) is 2. The zero-order chi connectivity index (χ0) is 33.2. The van der Waals surface area contributed by atoms with E-state index in [1.54, 1.807) is 30.3 Å². The molecule has 2 aromatic rings. The molecule has 13 nitrogen and oxygen atoms in total. The number of aliphatic hydroxyl groups excluding tert-OH is 2. The van der Waals surface area contributed by atoms with Crippen LogP contribution in [0, 0.1) is 16.7 Å². The van der Waals surface area contributed by atoms with E-state index in [1.165, 1.54) is 38.2 Å². The Balaban J connectivity index is 1.69. The molecule has 0 radical (unpaired) electrons. The molecule has 2 aromatic carbocycles. The number of hydrogen-bond donors (Lipinski definition) is 7. The number of allylic oxidation sites excluding steroid dienone is 1. The molecule has 0 heterocycles. The summed E-state index contributed by atoms with van der Waals surface area (Å²) in [5, 5.41) is 54.1. The van der Waals surface area contributed by atoms with Gasteiger partial charge in [0.1, 0.15) is 22.8 Å². The van der Waals surface area contributed by atoms with Crippen LogP contribution in [0.15, 0.2) is 53.3 Å². The summed E-state index contributed by atoms with van der Waals surface area (Å²) in [5.74, 6) is -5.53. The number of aliphatic hydroxyl groups is 2. The zero-order valence-corrected chi connectivity index (χ0v) is 24.8. The molecular weight excluding hydrogens is 582 g/mol. The van der Waals surface area contributed by atoms with Gasteiger partial charge in [-0.1, -0.05) is 24.3 Å². The summed E-state index contributed by atoms with van der Waals surface area (Å²) >= 11 is 0. The third-order valence-corrected chi connectivity index (χ3v) is 9.06. The number of fused-ring (bicyclic) bond motifs is 3. The number of nitriles is 1. The third-order valence-electron chi connectivity index (χ3n) is 9.06. The van der Waals surface area contributed by atoms with Crippen molar-refractivity contribution in [3.8, 4) is 23.3 Å². The first-order valence-corrected chi connectivity index (χ1v) is 13.9. The molecule has 4 atom stereocenters. The smallest absolute Gasteiger partial charge is 0.255 e. The molecule has 0 bridgehead atoms. The molecule has 3 aliphatic carbocycles. The van der Waals surface area contributed by atoms with Gasteiger partial charge in [-0.25, -0.2) is 0 Å². The Bertz CT molecular complexity index is 1820. The number of benzene rings is 2. The number of carbonyl (C=O) groups excluding carboxylic acids is 3. The van der Waals surface area contributed by atoms with Crippen LogP contribution in [-0.2, 0) is 27.2 Å². The normalized spacial score (nSPS) is 27.7. The first kappa shape index (κ1) is 31.3. The topological polar surface area (TPSA) is 246 Å². The van der Waals surface area contributed by atoms with Gasteiger partial charge in [-0.05, 0) is 68.2 Å². The second-order valence-electron chi connectivity index (χ2n) is 11.9. The van der Waals surface area contributed by atoms with Crippen LogP contribution in [0.25, 0.3) is 11.8 Å². The Morgan fingerprint density at radius 2 is 1.80 bits per heavy atom. The van der Waals surface area contributed by atoms with Crippen LogP contribution >= 0.6 is 0 Å². The number of ketones is 2. The first-order valence-electron chi connectivity index (χ1n) is 13.9. The molecule has 45 heavy (non-hydrogen) atoms. The van der Waals surface area contributed by atoms with Gasteiger partial charge in [-0.2, -0.15) is 5.26 Å². The molecule has 0 saturated heterocycles. The van der Waals surface area contributed by atoms with Gasteiger partial charge in [0.05, 0.1) is 41.4 Å². The molecule has 1 saturated carbocycles. The number of primary amides is 1. The van der Waals surface area contributed by atoms with Crippen molar-refractivity contribution in [3.05, 3.63) is 75.6 Å². The molecule has 1 amide bonds. The van der Waals surface area contributed by atoms with E-state index in [0.717, 1.165) is 5.56 Å². The number of amides is 1. The summed E-state index contributed by atoms with van der Waals surface area (Å²) < 4.78 is 5.16. The van der Waals surface area contributed by atoms with Gasteiger partial charge in [0.15, 0.2) is 28.5 Å². The van der Waals surface area contributed by atoms with Crippen LogP contribution in [0.2, 0.25) is 0 Å². The van der Waals surface area contributed by atoms with Gasteiger partial charge in [0.25, 0.3) is 5.91 Å². The Morgan fingerprint density at radius 1 is 1.13 bits per heavy atom. The van der Waals surface area contributed by atoms with Crippen molar-refractivity contribution in [1.29, 1.82) is 5.26 Å². The Kier molecular flexibility index (Phi) is 7.28. The van der Waals surface area contributed by atoms with E-state index in [1.807, 2.05) is 6.08 Å². The molecule has 234 valence electrons. The van der Waals surface area contributed by atoms with Crippen LogP contribution in [0.1, 0.15) is 28.7 Å². The SMILES string of the molecule is COc1cc(C/C=C\c2ccc(O)c3c2C[C@@]2(N)C[C@@]4(N)[C@H](N(C)C)C(=O)C(C(N)=O)=C(O)[C@@]4(C#N)C(=O)C2=C3O)ccc1O. The minimum Gasteiger partial charge on any atom is -0.509 e. The van der Waals surface area contributed by atoms with E-state index >= 15 is 0 Å². The zero-order valence-electron chi connectivity index (χ0n) is 24.8. The number of nitrogens with two attached hydrogens (primary N) is 3. The Hall–Kier alpha value is -5.16. The Morgan fingerprint density at radius 3 is 2.40 bits per heavy atom. The fourth-order valence-electron chi connectivity index (χ4n) is 7.18. The minimum absolute atomic E-state index is 0.00454. The highest BCUT2D eigenvalue weighted by Gasteiger charge is 2.74. The van der Waals surface area contributed by atoms with Crippen LogP contribution in [0.5, 0.6) is 17.2 Å². The maximum absolute atomic E-state index is 14.4. The first-order chi connectivity index (χ1) is 21.1. The fraction of sp³-hybridized carbons (Fsp3) is 0.312. The highest BCUT2D eigenvalue weighted by atomic mass is 16.5. The monoisotopic (exact) mass is 615 g/mol. The van der Waals surface area contributed by atoms with Crippen LogP contribution in [-0.4, -0.2) is 81.1 Å². The summed E-state index contributed by atoms with van der Waals surface area (Å²) in [6, 6.07) is 8.11. The highest BCUT2D eigenvalue weighted by molar-refractivity contribution is 6.25. The van der Waals surface area contributed by atoms with E-state index in [9.17, 15) is 40.1 Å². The fourth-order valence-corrected chi connectivity index (χ4v) is 7.18. The summed E-state index contributed by atoms with van der Waals surface area (Å²) in [5.41, 5.74) is 12.7. The molecule has 1 fully saturated rings. The molecule has 0 unspecified atom stereocenters. The molecule has 5 rings (SSSR count). The molecule has 0 aromatic heterocycles. The lowest BCUT2D eigenvalue weighted by molar-refractivity contribution is -0.139. The van der Waals surface area contributed by atoms with Gasteiger partial charge >= 0.3 is 0 Å². The van der Waals surface area contributed by atoms with E-state index in [-0.39, 0.29) is 23.5 Å². The lowest BCUT2D eigenvalue weighted by atomic mass is 9.47. The Labute approximate surface area is 258 Å². The number of rotatable bonds is 6. The number of carbonyl (C=O) groups is 3. The lowest BCUT2D eigenvalue weighted by Gasteiger charge is -2.58. The minimum atomic E-state index is -2.72. The lowest BCUT2D eigenvalue weighted by Crippen LogP contribution is -2.80. The molecular formula is C32H33N5O8. The van der Waals surface area contributed by atoms with Gasteiger partial charge in [-0.3, -0.25) is 19.3 Å². The number of Topliss-reactive ketones (excluding diaryl/α,β-unsaturated/α-hetero) is 2. The van der Waals surface area contributed by atoms with E-state index in [4.69, 9.17) is 21.9 Å². The number of hydrogen-bond acceptors (Lipinski definition) is 12. The maximum atomic E-state index is 14.4. The van der Waals surface area contributed by atoms with Crippen molar-refractivity contribution in [2.75, 3.05) is 21.2 Å². The highest BCUT2D eigenvalue weighted by Crippen LogP contribution is 2.58. The molecule has 0 aliphatic heterocycles. The van der Waals surface area contributed by atoms with Crippen LogP contribution in [0.4, 0.5) is 0 Å². The molecule has 0 spiro atoms. The van der Waals surface area contributed by atoms with Crippen molar-refractivity contribution in [2.45, 2.75) is 36.4 Å². The summed E-state index contributed by atoms with van der Waals surface area (Å²) in [7, 11) is 4.35. The van der Waals surface area contributed by atoms with Gasteiger partial charge in [0, 0.05) is 0 Å². The van der Waals surface area contributed by atoms with E-state index < -0.39 is 69.1 Å². The number of aromatic hydroxyl groups is 2. The number of methoxy groups -OCH3 is 1. The van der Waals surface area contributed by atoms with Crippen LogP contribution in [0.3, 0.4) is 0 Å². The standard InChI is InChI=1S/C32H33N5O8/c1-37(2)26-25(41)22(29(34)44)27(42)31(14-33)28(43)23-24(40)21-17(12-30(23,35)13-32(26,31)36)16(8-10-19(21)39)6-4-5-15-7-9-18(38)20(11-15)45-3/h4,6-11,26,38-40,42H,5,12-13,35-36H2,1-3H3,(H2,34,44)/b6-4-/t26-,30-,31+,32-/m1/s1.